The number of carbonyl (C=O) groups excluding carboxylic acids is 1. The van der Waals surface area contributed by atoms with Gasteiger partial charge in [-0.15, -0.1) is 0 Å². The number of aromatic nitrogens is 2. The van der Waals surface area contributed by atoms with E-state index in [2.05, 4.69) is 20.6 Å². The first-order valence-corrected chi connectivity index (χ1v) is 8.37. The molecule has 2 heterocycles. The molecule has 0 fully saturated rings. The molecule has 0 aliphatic carbocycles. The molecule has 0 saturated carbocycles. The Morgan fingerprint density at radius 3 is 2.92 bits per heavy atom. The number of ether oxygens (including phenoxy) is 1. The fourth-order valence-electron chi connectivity index (χ4n) is 2.89. The number of nitrogens with zero attached hydrogens (tertiary/aromatic N) is 2. The molecule has 1 amide bonds. The lowest BCUT2D eigenvalue weighted by Crippen LogP contribution is -2.12. The number of amides is 1. The van der Waals surface area contributed by atoms with Crippen LogP contribution in [0.15, 0.2) is 48.7 Å². The number of methoxy groups -OCH3 is 1. The predicted octanol–water partition coefficient (Wildman–Crippen LogP) is 4.04. The van der Waals surface area contributed by atoms with Crippen LogP contribution in [0.3, 0.4) is 0 Å². The minimum absolute atomic E-state index is 0.124. The van der Waals surface area contributed by atoms with Crippen LogP contribution in [0.5, 0.6) is 5.75 Å². The van der Waals surface area contributed by atoms with E-state index in [1.54, 1.807) is 25.4 Å². The van der Waals surface area contributed by atoms with Gasteiger partial charge in [0, 0.05) is 22.3 Å². The maximum atomic E-state index is 12.1. The van der Waals surface area contributed by atoms with E-state index < -0.39 is 0 Å². The summed E-state index contributed by atoms with van der Waals surface area (Å²) < 4.78 is 5.35. The van der Waals surface area contributed by atoms with E-state index in [0.29, 0.717) is 28.1 Å². The van der Waals surface area contributed by atoms with Crippen LogP contribution < -0.4 is 15.4 Å². The third-order valence-corrected chi connectivity index (χ3v) is 4.31. The summed E-state index contributed by atoms with van der Waals surface area (Å²) in [6, 6.07) is 12.9. The number of carbonyl (C=O) groups is 1. The van der Waals surface area contributed by atoms with Gasteiger partial charge in [0.2, 0.25) is 11.9 Å². The van der Waals surface area contributed by atoms with E-state index in [0.717, 1.165) is 16.8 Å². The van der Waals surface area contributed by atoms with Crippen LogP contribution in [-0.4, -0.2) is 23.0 Å². The number of benzene rings is 2. The number of hydrogen-bond donors (Lipinski definition) is 2. The lowest BCUT2D eigenvalue weighted by atomic mass is 10.1. The van der Waals surface area contributed by atoms with E-state index in [1.165, 1.54) is 0 Å². The van der Waals surface area contributed by atoms with Gasteiger partial charge in [0.05, 0.1) is 30.6 Å². The molecule has 0 spiro atoms. The van der Waals surface area contributed by atoms with Crippen molar-refractivity contribution in [3.63, 3.8) is 0 Å². The molecule has 4 rings (SSSR count). The maximum absolute atomic E-state index is 12.1. The number of anilines is 3. The van der Waals surface area contributed by atoms with Crippen molar-refractivity contribution in [1.29, 1.82) is 0 Å². The first-order chi connectivity index (χ1) is 12.6. The van der Waals surface area contributed by atoms with Gasteiger partial charge in [-0.1, -0.05) is 23.7 Å². The highest BCUT2D eigenvalue weighted by atomic mass is 35.5. The van der Waals surface area contributed by atoms with Crippen molar-refractivity contribution in [2.75, 3.05) is 17.7 Å². The van der Waals surface area contributed by atoms with E-state index in [1.807, 2.05) is 30.3 Å². The third kappa shape index (κ3) is 3.07. The molecule has 0 saturated heterocycles. The van der Waals surface area contributed by atoms with Gasteiger partial charge in [0.25, 0.3) is 0 Å². The molecule has 26 heavy (non-hydrogen) atoms. The molecule has 1 aliphatic heterocycles. The summed E-state index contributed by atoms with van der Waals surface area (Å²) in [6.45, 7) is 0. The molecule has 1 aromatic heterocycles. The normalized spacial score (nSPS) is 12.5. The number of rotatable bonds is 3. The summed E-state index contributed by atoms with van der Waals surface area (Å²) in [7, 11) is 1.61. The van der Waals surface area contributed by atoms with E-state index in [-0.39, 0.29) is 12.3 Å². The largest absolute Gasteiger partial charge is 0.495 e. The summed E-state index contributed by atoms with van der Waals surface area (Å²) in [5.41, 5.74) is 3.66. The molecule has 0 atom stereocenters. The molecule has 2 N–H and O–H groups in total. The highest BCUT2D eigenvalue weighted by molar-refractivity contribution is 6.31. The van der Waals surface area contributed by atoms with Gasteiger partial charge in [-0.2, -0.15) is 0 Å². The molecule has 3 aromatic rings. The molecule has 2 aromatic carbocycles. The smallest absolute Gasteiger partial charge is 0.228 e. The van der Waals surface area contributed by atoms with Crippen LogP contribution in [0, 0.1) is 0 Å². The van der Waals surface area contributed by atoms with E-state index in [4.69, 9.17) is 16.3 Å². The van der Waals surface area contributed by atoms with Gasteiger partial charge in [-0.25, -0.2) is 9.97 Å². The first-order valence-electron chi connectivity index (χ1n) is 8.00. The quantitative estimate of drug-likeness (QED) is 0.731. The van der Waals surface area contributed by atoms with Gasteiger partial charge in [-0.05, 0) is 30.3 Å². The molecule has 0 bridgehead atoms. The summed E-state index contributed by atoms with van der Waals surface area (Å²) in [5, 5.41) is 6.58. The first kappa shape index (κ1) is 16.4. The Balaban J connectivity index is 1.79. The maximum Gasteiger partial charge on any atom is 0.228 e. The second kappa shape index (κ2) is 6.65. The average Bonchev–Trinajstić information content (AvgIpc) is 2.77. The summed E-state index contributed by atoms with van der Waals surface area (Å²) >= 11 is 6.07. The van der Waals surface area contributed by atoms with Gasteiger partial charge < -0.3 is 15.4 Å². The topological polar surface area (TPSA) is 76.1 Å². The zero-order chi connectivity index (χ0) is 18.1. The molecule has 0 unspecified atom stereocenters. The van der Waals surface area contributed by atoms with Crippen LogP contribution in [0.2, 0.25) is 5.02 Å². The lowest BCUT2D eigenvalue weighted by molar-refractivity contribution is -0.115. The number of fused-ring (bicyclic) bond motifs is 3. The molecular formula is C19H15ClN4O2. The minimum Gasteiger partial charge on any atom is -0.495 e. The van der Waals surface area contributed by atoms with Gasteiger partial charge in [0.15, 0.2) is 0 Å². The Hall–Kier alpha value is -3.12. The molecule has 130 valence electrons. The second-order valence-corrected chi connectivity index (χ2v) is 6.24. The van der Waals surface area contributed by atoms with Crippen LogP contribution in [0.1, 0.15) is 5.56 Å². The Bertz CT molecular complexity index is 1010. The number of para-hydroxylation sites is 2. The fourth-order valence-corrected chi connectivity index (χ4v) is 3.06. The van der Waals surface area contributed by atoms with Crippen LogP contribution in [-0.2, 0) is 11.2 Å². The zero-order valence-electron chi connectivity index (χ0n) is 13.9. The zero-order valence-corrected chi connectivity index (χ0v) is 14.7. The molecule has 6 nitrogen and oxygen atoms in total. The molecule has 1 aliphatic rings. The summed E-state index contributed by atoms with van der Waals surface area (Å²) in [6.07, 6.45) is 1.87. The van der Waals surface area contributed by atoms with E-state index >= 15 is 0 Å². The number of nitrogens with one attached hydrogen (secondary N) is 2. The van der Waals surface area contributed by atoms with Crippen LogP contribution in [0.25, 0.3) is 11.3 Å². The SMILES string of the molecule is COc1ccccc1Nc1ncc2c(n1)-c1ccc(Cl)cc1NC(=O)C2. The Kier molecular flexibility index (Phi) is 4.18. The Morgan fingerprint density at radius 1 is 1.23 bits per heavy atom. The van der Waals surface area contributed by atoms with Gasteiger partial charge in [-0.3, -0.25) is 4.79 Å². The highest BCUT2D eigenvalue weighted by Gasteiger charge is 2.21. The van der Waals surface area contributed by atoms with Gasteiger partial charge >= 0.3 is 0 Å². The summed E-state index contributed by atoms with van der Waals surface area (Å²) in [5.74, 6) is 0.986. The van der Waals surface area contributed by atoms with Crippen molar-refractivity contribution < 1.29 is 9.53 Å². The highest BCUT2D eigenvalue weighted by Crippen LogP contribution is 2.35. The van der Waals surface area contributed by atoms with Crippen molar-refractivity contribution >= 4 is 34.8 Å². The Morgan fingerprint density at radius 2 is 2.08 bits per heavy atom. The van der Waals surface area contributed by atoms with Gasteiger partial charge in [0.1, 0.15) is 5.75 Å². The van der Waals surface area contributed by atoms with Crippen molar-refractivity contribution in [2.45, 2.75) is 6.42 Å². The molecule has 7 heteroatoms. The number of halogens is 1. The van der Waals surface area contributed by atoms with Crippen molar-refractivity contribution in [3.05, 3.63) is 59.2 Å². The summed E-state index contributed by atoms with van der Waals surface area (Å²) in [4.78, 5) is 21.1. The monoisotopic (exact) mass is 366 g/mol. The number of hydrogen-bond acceptors (Lipinski definition) is 5. The third-order valence-electron chi connectivity index (χ3n) is 4.08. The van der Waals surface area contributed by atoms with E-state index in [9.17, 15) is 4.79 Å². The predicted molar refractivity (Wildman–Crippen MR) is 101 cm³/mol. The second-order valence-electron chi connectivity index (χ2n) is 5.81. The lowest BCUT2D eigenvalue weighted by Gasteiger charge is -2.12. The molecule has 0 radical (unpaired) electrons. The van der Waals surface area contributed by atoms with Crippen LogP contribution >= 0.6 is 11.6 Å². The Labute approximate surface area is 155 Å². The van der Waals surface area contributed by atoms with Crippen LogP contribution in [0.4, 0.5) is 17.3 Å². The molecular weight excluding hydrogens is 352 g/mol. The van der Waals surface area contributed by atoms with Crippen molar-refractivity contribution in [2.24, 2.45) is 0 Å². The van der Waals surface area contributed by atoms with Crippen molar-refractivity contribution in [1.82, 2.24) is 9.97 Å². The standard InChI is InChI=1S/C19H15ClN4O2/c1-26-16-5-3-2-4-14(16)23-19-21-10-11-8-17(25)22-15-9-12(20)6-7-13(15)18(11)24-19/h2-7,9-10H,8H2,1H3,(H,22,25)(H,21,23,24). The average molecular weight is 367 g/mol. The van der Waals surface area contributed by atoms with Crippen molar-refractivity contribution in [3.8, 4) is 17.0 Å². The minimum atomic E-state index is -0.124. The fraction of sp³-hybridized carbons (Fsp3) is 0.105.